The van der Waals surface area contributed by atoms with Crippen LogP contribution in [0.25, 0.3) is 0 Å². The van der Waals surface area contributed by atoms with E-state index in [4.69, 9.17) is 32.7 Å². The molecule has 0 bridgehead atoms. The van der Waals surface area contributed by atoms with Gasteiger partial charge >= 0.3 is 0 Å². The Morgan fingerprint density at radius 2 is 1.48 bits per heavy atom. The van der Waals surface area contributed by atoms with Crippen molar-refractivity contribution >= 4 is 35.0 Å². The molecule has 0 aromatic heterocycles. The maximum atomic E-state index is 12.7. The van der Waals surface area contributed by atoms with Gasteiger partial charge in [-0.2, -0.15) is 0 Å². The highest BCUT2D eigenvalue weighted by Gasteiger charge is 2.27. The van der Waals surface area contributed by atoms with Gasteiger partial charge in [0.15, 0.2) is 11.5 Å². The lowest BCUT2D eigenvalue weighted by Gasteiger charge is -2.35. The van der Waals surface area contributed by atoms with Crippen LogP contribution in [0.3, 0.4) is 0 Å². The molecule has 27 heavy (non-hydrogen) atoms. The molecule has 2 aromatic rings. The smallest absolute Gasteiger partial charge is 0.255 e. The van der Waals surface area contributed by atoms with Crippen LogP contribution >= 0.6 is 23.2 Å². The van der Waals surface area contributed by atoms with E-state index in [1.165, 1.54) is 0 Å². The van der Waals surface area contributed by atoms with Gasteiger partial charge < -0.3 is 19.3 Å². The molecule has 140 valence electrons. The second-order valence-corrected chi connectivity index (χ2v) is 7.12. The topological polar surface area (TPSA) is 59.1 Å². The summed E-state index contributed by atoms with van der Waals surface area (Å²) < 4.78 is 10.6. The highest BCUT2D eigenvalue weighted by atomic mass is 35.5. The van der Waals surface area contributed by atoms with Crippen molar-refractivity contribution in [2.24, 2.45) is 0 Å². The molecule has 6 nitrogen and oxygen atoms in total. The molecule has 2 amide bonds. The summed E-state index contributed by atoms with van der Waals surface area (Å²) in [5.41, 5.74) is 0.914. The highest BCUT2D eigenvalue weighted by molar-refractivity contribution is 6.35. The van der Waals surface area contributed by atoms with Crippen LogP contribution in [0, 0.1) is 0 Å². The number of hydrogen-bond donors (Lipinski definition) is 0. The van der Waals surface area contributed by atoms with Crippen molar-refractivity contribution in [1.29, 1.82) is 0 Å². The molecule has 0 atom stereocenters. The molecular weight excluding hydrogens is 391 g/mol. The van der Waals surface area contributed by atoms with Gasteiger partial charge in [0.2, 0.25) is 6.79 Å². The Morgan fingerprint density at radius 1 is 0.815 bits per heavy atom. The summed E-state index contributed by atoms with van der Waals surface area (Å²) in [7, 11) is 0. The maximum absolute atomic E-state index is 12.7. The Morgan fingerprint density at radius 3 is 2.22 bits per heavy atom. The Hall–Kier alpha value is -2.44. The lowest BCUT2D eigenvalue weighted by molar-refractivity contribution is 0.0535. The third-order valence-corrected chi connectivity index (χ3v) is 5.20. The van der Waals surface area contributed by atoms with E-state index in [0.29, 0.717) is 58.9 Å². The zero-order chi connectivity index (χ0) is 19.0. The van der Waals surface area contributed by atoms with Crippen molar-refractivity contribution < 1.29 is 19.1 Å². The van der Waals surface area contributed by atoms with Gasteiger partial charge in [-0.15, -0.1) is 0 Å². The molecule has 0 radical (unpaired) electrons. The summed E-state index contributed by atoms with van der Waals surface area (Å²) in [6.45, 7) is 1.91. The van der Waals surface area contributed by atoms with Crippen LogP contribution in [-0.4, -0.2) is 54.6 Å². The first kappa shape index (κ1) is 17.9. The van der Waals surface area contributed by atoms with Crippen LogP contribution in [-0.2, 0) is 0 Å². The molecule has 0 spiro atoms. The number of halogens is 2. The normalized spacial score (nSPS) is 15.8. The van der Waals surface area contributed by atoms with Crippen molar-refractivity contribution in [3.05, 3.63) is 57.6 Å². The number of amides is 2. The number of ether oxygens (including phenoxy) is 2. The first-order chi connectivity index (χ1) is 13.0. The minimum absolute atomic E-state index is 0.0961. The Bertz CT molecular complexity index is 911. The van der Waals surface area contributed by atoms with Crippen molar-refractivity contribution in [1.82, 2.24) is 9.80 Å². The van der Waals surface area contributed by atoms with Crippen LogP contribution in [0.5, 0.6) is 11.5 Å². The first-order valence-electron chi connectivity index (χ1n) is 8.46. The summed E-state index contributed by atoms with van der Waals surface area (Å²) in [5.74, 6) is 0.935. The monoisotopic (exact) mass is 406 g/mol. The van der Waals surface area contributed by atoms with Gasteiger partial charge in [0.1, 0.15) is 0 Å². The lowest BCUT2D eigenvalue weighted by Crippen LogP contribution is -2.50. The molecule has 2 aromatic carbocycles. The van der Waals surface area contributed by atoms with Gasteiger partial charge in [0.05, 0.1) is 10.6 Å². The largest absolute Gasteiger partial charge is 0.454 e. The van der Waals surface area contributed by atoms with E-state index < -0.39 is 0 Å². The number of nitrogens with zero attached hydrogens (tertiary/aromatic N) is 2. The van der Waals surface area contributed by atoms with Gasteiger partial charge in [0, 0.05) is 36.8 Å². The van der Waals surface area contributed by atoms with Gasteiger partial charge in [-0.1, -0.05) is 23.2 Å². The van der Waals surface area contributed by atoms with Gasteiger partial charge in [-0.05, 0) is 36.4 Å². The van der Waals surface area contributed by atoms with E-state index in [-0.39, 0.29) is 18.6 Å². The molecular formula is C19H16Cl2N2O4. The summed E-state index contributed by atoms with van der Waals surface area (Å²) in [6, 6.07) is 9.96. The Kier molecular flexibility index (Phi) is 4.85. The van der Waals surface area contributed by atoms with Gasteiger partial charge in [0.25, 0.3) is 11.8 Å². The second kappa shape index (κ2) is 7.29. The van der Waals surface area contributed by atoms with E-state index in [9.17, 15) is 9.59 Å². The standard InChI is InChI=1S/C19H16Cl2N2O4/c20-13-2-3-15(21)14(10-13)19(25)23-7-5-22(6-8-23)18(24)12-1-4-16-17(9-12)27-11-26-16/h1-4,9-10H,5-8,11H2. The molecule has 0 unspecified atom stereocenters. The summed E-state index contributed by atoms with van der Waals surface area (Å²) in [5, 5.41) is 0.822. The predicted molar refractivity (Wildman–Crippen MR) is 101 cm³/mol. The molecule has 0 N–H and O–H groups in total. The fraction of sp³-hybridized carbons (Fsp3) is 0.263. The number of piperazine rings is 1. The zero-order valence-electron chi connectivity index (χ0n) is 14.3. The molecule has 2 heterocycles. The van der Waals surface area contributed by atoms with E-state index in [1.807, 2.05) is 0 Å². The molecule has 4 rings (SSSR count). The number of fused-ring (bicyclic) bond motifs is 1. The van der Waals surface area contributed by atoms with Crippen LogP contribution in [0.15, 0.2) is 36.4 Å². The molecule has 0 saturated carbocycles. The van der Waals surface area contributed by atoms with Gasteiger partial charge in [-0.3, -0.25) is 9.59 Å². The Balaban J connectivity index is 1.42. The second-order valence-electron chi connectivity index (χ2n) is 6.28. The van der Waals surface area contributed by atoms with Crippen LogP contribution < -0.4 is 9.47 Å². The quantitative estimate of drug-likeness (QED) is 0.767. The van der Waals surface area contributed by atoms with E-state index in [1.54, 1.807) is 46.2 Å². The fourth-order valence-electron chi connectivity index (χ4n) is 3.16. The molecule has 1 saturated heterocycles. The molecule has 0 aliphatic carbocycles. The zero-order valence-corrected chi connectivity index (χ0v) is 15.8. The molecule has 2 aliphatic heterocycles. The van der Waals surface area contributed by atoms with Crippen LogP contribution in [0.2, 0.25) is 10.0 Å². The number of carbonyl (C=O) groups is 2. The van der Waals surface area contributed by atoms with Crippen molar-refractivity contribution in [3.8, 4) is 11.5 Å². The average molecular weight is 407 g/mol. The molecule has 8 heteroatoms. The minimum Gasteiger partial charge on any atom is -0.454 e. The minimum atomic E-state index is -0.183. The van der Waals surface area contributed by atoms with Crippen molar-refractivity contribution in [3.63, 3.8) is 0 Å². The average Bonchev–Trinajstić information content (AvgIpc) is 3.16. The highest BCUT2D eigenvalue weighted by Crippen LogP contribution is 2.33. The third-order valence-electron chi connectivity index (χ3n) is 4.63. The molecule has 1 fully saturated rings. The number of rotatable bonds is 2. The number of hydrogen-bond acceptors (Lipinski definition) is 4. The number of carbonyl (C=O) groups excluding carboxylic acids is 2. The fourth-order valence-corrected chi connectivity index (χ4v) is 3.53. The van der Waals surface area contributed by atoms with E-state index in [2.05, 4.69) is 0 Å². The van der Waals surface area contributed by atoms with E-state index in [0.717, 1.165) is 0 Å². The van der Waals surface area contributed by atoms with Gasteiger partial charge in [-0.25, -0.2) is 0 Å². The van der Waals surface area contributed by atoms with Crippen LogP contribution in [0.4, 0.5) is 0 Å². The van der Waals surface area contributed by atoms with Crippen LogP contribution in [0.1, 0.15) is 20.7 Å². The predicted octanol–water partition coefficient (Wildman–Crippen LogP) is 3.32. The third kappa shape index (κ3) is 3.55. The SMILES string of the molecule is O=C(c1ccc2c(c1)OCO2)N1CCN(C(=O)c2cc(Cl)ccc2Cl)CC1. The summed E-state index contributed by atoms with van der Waals surface area (Å²) in [6.07, 6.45) is 0. The van der Waals surface area contributed by atoms with E-state index >= 15 is 0 Å². The lowest BCUT2D eigenvalue weighted by atomic mass is 10.1. The summed E-state index contributed by atoms with van der Waals surface area (Å²) in [4.78, 5) is 28.8. The van der Waals surface area contributed by atoms with Crippen molar-refractivity contribution in [2.75, 3.05) is 33.0 Å². The summed E-state index contributed by atoms with van der Waals surface area (Å²) >= 11 is 12.1. The molecule has 2 aliphatic rings. The number of benzene rings is 2. The Labute approximate surface area is 166 Å². The van der Waals surface area contributed by atoms with Crippen molar-refractivity contribution in [2.45, 2.75) is 0 Å². The first-order valence-corrected chi connectivity index (χ1v) is 9.22. The maximum Gasteiger partial charge on any atom is 0.255 e.